The molecule has 5 nitrogen and oxygen atoms in total. The zero-order chi connectivity index (χ0) is 13.9. The maximum absolute atomic E-state index is 12.2. The molecule has 1 amide bonds. The third kappa shape index (κ3) is 2.94. The summed E-state index contributed by atoms with van der Waals surface area (Å²) in [7, 11) is 0. The first kappa shape index (κ1) is 14.0. The number of hydrogen-bond donors (Lipinski definition) is 2. The lowest BCUT2D eigenvalue weighted by Gasteiger charge is -2.34. The molecular formula is C13H15BrN2O3. The van der Waals surface area contributed by atoms with E-state index in [0.29, 0.717) is 23.0 Å². The van der Waals surface area contributed by atoms with Crippen molar-refractivity contribution in [2.24, 2.45) is 0 Å². The highest BCUT2D eigenvalue weighted by molar-refractivity contribution is 9.10. The summed E-state index contributed by atoms with van der Waals surface area (Å²) in [6.07, 6.45) is 5.18. The van der Waals surface area contributed by atoms with Crippen LogP contribution in [0, 0.1) is 0 Å². The molecule has 2 rings (SSSR count). The highest BCUT2D eigenvalue weighted by atomic mass is 79.9. The Morgan fingerprint density at radius 3 is 2.58 bits per heavy atom. The highest BCUT2D eigenvalue weighted by Gasteiger charge is 2.41. The molecule has 102 valence electrons. The zero-order valence-electron chi connectivity index (χ0n) is 10.4. The maximum Gasteiger partial charge on any atom is 0.329 e. The molecule has 0 aromatic carbocycles. The van der Waals surface area contributed by atoms with Crippen LogP contribution in [0.3, 0.4) is 0 Å². The Bertz CT molecular complexity index is 498. The Hall–Kier alpha value is -1.43. The number of halogens is 1. The molecule has 1 saturated carbocycles. The highest BCUT2D eigenvalue weighted by Crippen LogP contribution is 2.29. The van der Waals surface area contributed by atoms with Gasteiger partial charge in [-0.05, 0) is 40.9 Å². The molecule has 1 heterocycles. The molecule has 1 aliphatic carbocycles. The van der Waals surface area contributed by atoms with E-state index in [2.05, 4.69) is 26.2 Å². The van der Waals surface area contributed by atoms with Crippen LogP contribution >= 0.6 is 15.9 Å². The summed E-state index contributed by atoms with van der Waals surface area (Å²) in [5.74, 6) is -1.36. The lowest BCUT2D eigenvalue weighted by atomic mass is 9.81. The molecule has 0 bridgehead atoms. The predicted molar refractivity (Wildman–Crippen MR) is 72.9 cm³/mol. The van der Waals surface area contributed by atoms with Crippen molar-refractivity contribution in [3.8, 4) is 0 Å². The summed E-state index contributed by atoms with van der Waals surface area (Å²) < 4.78 is 0.420. The van der Waals surface area contributed by atoms with Crippen LogP contribution in [-0.2, 0) is 4.79 Å². The lowest BCUT2D eigenvalue weighted by molar-refractivity contribution is -0.145. The Morgan fingerprint density at radius 2 is 2.00 bits per heavy atom. The molecule has 1 aliphatic rings. The third-order valence-electron chi connectivity index (χ3n) is 3.47. The number of carbonyl (C=O) groups is 2. The molecule has 0 spiro atoms. The molecule has 0 atom stereocenters. The zero-order valence-corrected chi connectivity index (χ0v) is 11.9. The number of carboxylic acid groups (broad SMARTS) is 1. The number of hydrogen-bond acceptors (Lipinski definition) is 3. The molecule has 2 N–H and O–H groups in total. The van der Waals surface area contributed by atoms with Gasteiger partial charge in [-0.25, -0.2) is 9.78 Å². The fourth-order valence-electron chi connectivity index (χ4n) is 2.39. The van der Waals surface area contributed by atoms with Gasteiger partial charge in [0.25, 0.3) is 5.91 Å². The van der Waals surface area contributed by atoms with Gasteiger partial charge in [-0.3, -0.25) is 4.79 Å². The van der Waals surface area contributed by atoms with Crippen LogP contribution in [-0.4, -0.2) is 27.5 Å². The standard InChI is InChI=1S/C13H15BrN2O3/c14-10-9(5-4-8-15-10)11(17)16-13(12(18)19)6-2-1-3-7-13/h4-5,8H,1-3,6-7H2,(H,16,17)(H,18,19). The first-order chi connectivity index (χ1) is 9.05. The quantitative estimate of drug-likeness (QED) is 0.836. The predicted octanol–water partition coefficient (Wildman–Crippen LogP) is 2.36. The molecule has 19 heavy (non-hydrogen) atoms. The van der Waals surface area contributed by atoms with Crippen molar-refractivity contribution in [3.05, 3.63) is 28.5 Å². The Balaban J connectivity index is 2.20. The molecule has 0 radical (unpaired) electrons. The number of rotatable bonds is 3. The first-order valence-corrected chi connectivity index (χ1v) is 7.01. The van der Waals surface area contributed by atoms with E-state index < -0.39 is 17.4 Å². The average Bonchev–Trinajstić information content (AvgIpc) is 2.40. The van der Waals surface area contributed by atoms with Gasteiger partial charge in [-0.1, -0.05) is 19.3 Å². The van der Waals surface area contributed by atoms with Crippen LogP contribution in [0.25, 0.3) is 0 Å². The van der Waals surface area contributed by atoms with Crippen molar-refractivity contribution in [2.75, 3.05) is 0 Å². The normalized spacial score (nSPS) is 17.7. The molecule has 0 aliphatic heterocycles. The van der Waals surface area contributed by atoms with Crippen LogP contribution in [0.1, 0.15) is 42.5 Å². The monoisotopic (exact) mass is 326 g/mol. The van der Waals surface area contributed by atoms with Crippen LogP contribution < -0.4 is 5.32 Å². The molecule has 0 unspecified atom stereocenters. The van der Waals surface area contributed by atoms with E-state index in [9.17, 15) is 14.7 Å². The average molecular weight is 327 g/mol. The summed E-state index contributed by atoms with van der Waals surface area (Å²) >= 11 is 3.20. The second-order valence-corrected chi connectivity index (χ2v) is 5.49. The van der Waals surface area contributed by atoms with Gasteiger partial charge in [0, 0.05) is 6.20 Å². The fourth-order valence-corrected chi connectivity index (χ4v) is 2.82. The first-order valence-electron chi connectivity index (χ1n) is 6.22. The van der Waals surface area contributed by atoms with Crippen LogP contribution in [0.5, 0.6) is 0 Å². The van der Waals surface area contributed by atoms with E-state index >= 15 is 0 Å². The largest absolute Gasteiger partial charge is 0.480 e. The van der Waals surface area contributed by atoms with E-state index in [1.165, 1.54) is 0 Å². The Morgan fingerprint density at radius 1 is 1.32 bits per heavy atom. The molecule has 1 aromatic heterocycles. The molecule has 0 saturated heterocycles. The molecule has 1 fully saturated rings. The van der Waals surface area contributed by atoms with E-state index in [0.717, 1.165) is 19.3 Å². The van der Waals surface area contributed by atoms with Crippen molar-refractivity contribution >= 4 is 27.8 Å². The fraction of sp³-hybridized carbons (Fsp3) is 0.462. The number of aliphatic carboxylic acids is 1. The smallest absolute Gasteiger partial charge is 0.329 e. The van der Waals surface area contributed by atoms with E-state index in [1.54, 1.807) is 18.3 Å². The van der Waals surface area contributed by atoms with E-state index in [-0.39, 0.29) is 0 Å². The second kappa shape index (κ2) is 5.69. The molecule has 6 heteroatoms. The lowest BCUT2D eigenvalue weighted by Crippen LogP contribution is -2.55. The van der Waals surface area contributed by atoms with Gasteiger partial charge in [0.2, 0.25) is 0 Å². The van der Waals surface area contributed by atoms with Gasteiger partial charge in [-0.15, -0.1) is 0 Å². The van der Waals surface area contributed by atoms with Gasteiger partial charge >= 0.3 is 5.97 Å². The number of carboxylic acids is 1. The minimum atomic E-state index is -1.13. The summed E-state index contributed by atoms with van der Waals surface area (Å²) in [4.78, 5) is 27.7. The van der Waals surface area contributed by atoms with Crippen molar-refractivity contribution in [1.82, 2.24) is 10.3 Å². The SMILES string of the molecule is O=C(NC1(C(=O)O)CCCCC1)c1cccnc1Br. The van der Waals surface area contributed by atoms with Gasteiger partial charge in [-0.2, -0.15) is 0 Å². The minimum absolute atomic E-state index is 0.355. The summed E-state index contributed by atoms with van der Waals surface area (Å²) in [5, 5.41) is 12.1. The van der Waals surface area contributed by atoms with Crippen molar-refractivity contribution < 1.29 is 14.7 Å². The second-order valence-electron chi connectivity index (χ2n) is 4.74. The summed E-state index contributed by atoms with van der Waals surface area (Å²) in [6.45, 7) is 0. The maximum atomic E-state index is 12.2. The van der Waals surface area contributed by atoms with Crippen molar-refractivity contribution in [2.45, 2.75) is 37.6 Å². The van der Waals surface area contributed by atoms with Gasteiger partial charge in [0.05, 0.1) is 5.56 Å². The summed E-state index contributed by atoms with van der Waals surface area (Å²) in [5.41, 5.74) is -0.779. The topological polar surface area (TPSA) is 79.3 Å². The minimum Gasteiger partial charge on any atom is -0.480 e. The number of pyridine rings is 1. The number of carbonyl (C=O) groups excluding carboxylic acids is 1. The van der Waals surface area contributed by atoms with Crippen molar-refractivity contribution in [3.63, 3.8) is 0 Å². The molecular weight excluding hydrogens is 312 g/mol. The number of aromatic nitrogens is 1. The van der Waals surface area contributed by atoms with Gasteiger partial charge in [0.15, 0.2) is 0 Å². The van der Waals surface area contributed by atoms with Crippen molar-refractivity contribution in [1.29, 1.82) is 0 Å². The van der Waals surface area contributed by atoms with E-state index in [4.69, 9.17) is 0 Å². The van der Waals surface area contributed by atoms with Crippen LogP contribution in [0.2, 0.25) is 0 Å². The Labute approximate surface area is 119 Å². The van der Waals surface area contributed by atoms with Crippen LogP contribution in [0.15, 0.2) is 22.9 Å². The van der Waals surface area contributed by atoms with Gasteiger partial charge in [0.1, 0.15) is 10.1 Å². The van der Waals surface area contributed by atoms with E-state index in [1.807, 2.05) is 0 Å². The third-order valence-corrected chi connectivity index (χ3v) is 4.10. The van der Waals surface area contributed by atoms with Crippen LogP contribution in [0.4, 0.5) is 0 Å². The Kier molecular flexibility index (Phi) is 4.19. The summed E-state index contributed by atoms with van der Waals surface area (Å²) in [6, 6.07) is 3.26. The number of amides is 1. The molecule has 1 aromatic rings. The number of nitrogens with one attached hydrogen (secondary N) is 1. The number of nitrogens with zero attached hydrogens (tertiary/aromatic N) is 1. The van der Waals surface area contributed by atoms with Gasteiger partial charge < -0.3 is 10.4 Å².